The zero-order valence-electron chi connectivity index (χ0n) is 15.4. The van der Waals surface area contributed by atoms with Gasteiger partial charge < -0.3 is 36.2 Å². The number of rotatable bonds is 6. The average molecular weight is 402 g/mol. The Balaban J connectivity index is 1.55. The summed E-state index contributed by atoms with van der Waals surface area (Å²) in [5.74, 6) is 0.621. The van der Waals surface area contributed by atoms with Crippen LogP contribution in [0.15, 0.2) is 30.6 Å². The molecule has 1 aliphatic rings. The zero-order valence-corrected chi connectivity index (χ0v) is 15.4. The molecule has 0 saturated carbocycles. The number of fused-ring (bicyclic) bond motifs is 1. The first kappa shape index (κ1) is 19.3. The Labute approximate surface area is 165 Å². The highest BCUT2D eigenvalue weighted by atomic mass is 16.6. The molecule has 29 heavy (non-hydrogen) atoms. The monoisotopic (exact) mass is 402 g/mol. The number of phenolic OH excluding ortho intramolecular Hbond substituents is 1. The predicted octanol–water partition coefficient (Wildman–Crippen LogP) is -0.620. The Kier molecular flexibility index (Phi) is 5.20. The maximum atomic E-state index is 10.3. The Morgan fingerprint density at radius 3 is 2.76 bits per heavy atom. The van der Waals surface area contributed by atoms with E-state index in [4.69, 9.17) is 10.5 Å². The van der Waals surface area contributed by atoms with E-state index < -0.39 is 31.1 Å². The minimum atomic E-state index is -1.26. The van der Waals surface area contributed by atoms with Crippen LogP contribution in [0.1, 0.15) is 11.8 Å². The summed E-state index contributed by atoms with van der Waals surface area (Å²) in [4.78, 5) is 12.8. The van der Waals surface area contributed by atoms with Crippen LogP contribution in [0.4, 0.5) is 11.8 Å². The molecule has 3 aromatic rings. The fraction of sp³-hybridized carbons (Fsp3) is 0.389. The highest BCUT2D eigenvalue weighted by molar-refractivity contribution is 5.83. The molecule has 0 aliphatic carbocycles. The van der Waals surface area contributed by atoms with E-state index in [1.807, 2.05) is 6.07 Å². The number of aromatic hydroxyl groups is 1. The molecule has 154 valence electrons. The predicted molar refractivity (Wildman–Crippen MR) is 103 cm³/mol. The van der Waals surface area contributed by atoms with Gasteiger partial charge in [0.15, 0.2) is 17.7 Å². The average Bonchev–Trinajstić information content (AvgIpc) is 3.24. The van der Waals surface area contributed by atoms with E-state index in [1.165, 1.54) is 10.9 Å². The Morgan fingerprint density at radius 1 is 1.21 bits per heavy atom. The smallest absolute Gasteiger partial charge is 0.226 e. The summed E-state index contributed by atoms with van der Waals surface area (Å²) >= 11 is 0. The van der Waals surface area contributed by atoms with E-state index in [2.05, 4.69) is 20.3 Å². The van der Waals surface area contributed by atoms with Crippen LogP contribution in [-0.2, 0) is 11.2 Å². The SMILES string of the molecule is Nc1nc(NCCc2cccc(O)c2)nc2c1ncn2[C@@H]1O[C@H](CO)[C@@H](O)[C@H]1O. The number of aliphatic hydroxyl groups excluding tert-OH is 3. The molecule has 2 aromatic heterocycles. The van der Waals surface area contributed by atoms with Crippen molar-refractivity contribution >= 4 is 22.9 Å². The third-order valence-electron chi connectivity index (χ3n) is 4.85. The summed E-state index contributed by atoms with van der Waals surface area (Å²) in [7, 11) is 0. The van der Waals surface area contributed by atoms with Crippen LogP contribution in [0.3, 0.4) is 0 Å². The third-order valence-corrected chi connectivity index (χ3v) is 4.85. The van der Waals surface area contributed by atoms with E-state index in [0.29, 0.717) is 24.1 Å². The van der Waals surface area contributed by atoms with Crippen molar-refractivity contribution in [1.29, 1.82) is 0 Å². The fourth-order valence-electron chi connectivity index (χ4n) is 3.34. The molecule has 4 rings (SSSR count). The summed E-state index contributed by atoms with van der Waals surface area (Å²) < 4.78 is 7.00. The second-order valence-corrected chi connectivity index (χ2v) is 6.83. The summed E-state index contributed by atoms with van der Waals surface area (Å²) in [5, 5.41) is 42.2. The molecule has 11 nitrogen and oxygen atoms in total. The van der Waals surface area contributed by atoms with Gasteiger partial charge in [-0.25, -0.2) is 4.98 Å². The van der Waals surface area contributed by atoms with Gasteiger partial charge in [-0.05, 0) is 24.1 Å². The van der Waals surface area contributed by atoms with Crippen molar-refractivity contribution in [3.8, 4) is 5.75 Å². The van der Waals surface area contributed by atoms with Crippen LogP contribution in [0, 0.1) is 0 Å². The van der Waals surface area contributed by atoms with Crippen LogP contribution < -0.4 is 11.1 Å². The number of benzene rings is 1. The Morgan fingerprint density at radius 2 is 2.03 bits per heavy atom. The molecule has 4 atom stereocenters. The van der Waals surface area contributed by atoms with Crippen molar-refractivity contribution in [3.05, 3.63) is 36.2 Å². The second kappa shape index (κ2) is 7.79. The lowest BCUT2D eigenvalue weighted by atomic mass is 10.1. The minimum absolute atomic E-state index is 0.153. The van der Waals surface area contributed by atoms with Crippen molar-refractivity contribution in [2.45, 2.75) is 31.0 Å². The maximum absolute atomic E-state index is 10.3. The lowest BCUT2D eigenvalue weighted by molar-refractivity contribution is -0.0511. The van der Waals surface area contributed by atoms with Crippen LogP contribution in [0.5, 0.6) is 5.75 Å². The standard InChI is InChI=1S/C18H22N6O5/c19-15-12-16(24(8-21-12)17-14(28)13(27)11(7-25)29-17)23-18(22-15)20-5-4-9-2-1-3-10(26)6-9/h1-3,6,8,11,13-14,17,25-28H,4-5,7H2,(H3,19,20,22,23)/t11-,13-,14-,17-/m1/s1. The van der Waals surface area contributed by atoms with Gasteiger partial charge in [0.1, 0.15) is 29.6 Å². The lowest BCUT2D eigenvalue weighted by Gasteiger charge is -2.16. The number of aromatic nitrogens is 4. The number of aliphatic hydroxyl groups is 3. The molecule has 1 fully saturated rings. The van der Waals surface area contributed by atoms with Crippen LogP contribution in [0.25, 0.3) is 11.2 Å². The van der Waals surface area contributed by atoms with Gasteiger partial charge in [0, 0.05) is 6.54 Å². The van der Waals surface area contributed by atoms with Crippen molar-refractivity contribution in [2.24, 2.45) is 0 Å². The van der Waals surface area contributed by atoms with E-state index in [-0.39, 0.29) is 17.5 Å². The number of nitrogen functional groups attached to an aromatic ring is 1. The van der Waals surface area contributed by atoms with Gasteiger partial charge in [-0.15, -0.1) is 0 Å². The van der Waals surface area contributed by atoms with Crippen LogP contribution in [-0.4, -0.2) is 71.4 Å². The van der Waals surface area contributed by atoms with Gasteiger partial charge in [0.05, 0.1) is 12.9 Å². The number of nitrogens with one attached hydrogen (secondary N) is 1. The number of ether oxygens (including phenoxy) is 1. The lowest BCUT2D eigenvalue weighted by Crippen LogP contribution is -2.33. The van der Waals surface area contributed by atoms with Gasteiger partial charge in [-0.2, -0.15) is 9.97 Å². The second-order valence-electron chi connectivity index (χ2n) is 6.83. The van der Waals surface area contributed by atoms with Gasteiger partial charge >= 0.3 is 0 Å². The minimum Gasteiger partial charge on any atom is -0.508 e. The first-order chi connectivity index (χ1) is 14.0. The molecule has 0 radical (unpaired) electrons. The van der Waals surface area contributed by atoms with Crippen molar-refractivity contribution < 1.29 is 25.2 Å². The zero-order chi connectivity index (χ0) is 20.5. The van der Waals surface area contributed by atoms with Crippen molar-refractivity contribution in [2.75, 3.05) is 24.2 Å². The summed E-state index contributed by atoms with van der Waals surface area (Å²) in [6.45, 7) is 0.0662. The molecule has 11 heteroatoms. The number of nitrogens with two attached hydrogens (primary N) is 1. The molecule has 3 heterocycles. The molecule has 1 saturated heterocycles. The first-order valence-electron chi connectivity index (χ1n) is 9.12. The quantitative estimate of drug-likeness (QED) is 0.312. The number of imidazole rings is 1. The molecule has 1 aromatic carbocycles. The summed E-state index contributed by atoms with van der Waals surface area (Å²) in [5.41, 5.74) is 7.60. The molecule has 0 bridgehead atoms. The summed E-state index contributed by atoms with van der Waals surface area (Å²) in [6.07, 6.45) is -2.35. The van der Waals surface area contributed by atoms with Gasteiger partial charge in [0.2, 0.25) is 5.95 Å². The van der Waals surface area contributed by atoms with Crippen LogP contribution in [0.2, 0.25) is 0 Å². The molecule has 0 spiro atoms. The van der Waals surface area contributed by atoms with Crippen molar-refractivity contribution in [1.82, 2.24) is 19.5 Å². The fourth-order valence-corrected chi connectivity index (χ4v) is 3.34. The topological polar surface area (TPSA) is 172 Å². The van der Waals surface area contributed by atoms with Crippen LogP contribution >= 0.6 is 0 Å². The van der Waals surface area contributed by atoms with E-state index >= 15 is 0 Å². The number of nitrogens with zero attached hydrogens (tertiary/aromatic N) is 4. The Bertz CT molecular complexity index is 1010. The largest absolute Gasteiger partial charge is 0.508 e. The number of phenols is 1. The normalized spacial score (nSPS) is 24.2. The molecular weight excluding hydrogens is 380 g/mol. The van der Waals surface area contributed by atoms with E-state index in [0.717, 1.165) is 5.56 Å². The highest BCUT2D eigenvalue weighted by Crippen LogP contribution is 2.32. The van der Waals surface area contributed by atoms with Gasteiger partial charge in [0.25, 0.3) is 0 Å². The first-order valence-corrected chi connectivity index (χ1v) is 9.12. The number of anilines is 2. The highest BCUT2D eigenvalue weighted by Gasteiger charge is 2.44. The summed E-state index contributed by atoms with van der Waals surface area (Å²) in [6, 6.07) is 6.95. The van der Waals surface area contributed by atoms with Crippen molar-refractivity contribution in [3.63, 3.8) is 0 Å². The number of hydrogen-bond acceptors (Lipinski definition) is 10. The molecule has 0 amide bonds. The van der Waals surface area contributed by atoms with Gasteiger partial charge in [-0.1, -0.05) is 12.1 Å². The number of hydrogen-bond donors (Lipinski definition) is 6. The molecule has 0 unspecified atom stereocenters. The molecular formula is C18H22N6O5. The molecule has 1 aliphatic heterocycles. The maximum Gasteiger partial charge on any atom is 0.226 e. The third kappa shape index (κ3) is 3.68. The van der Waals surface area contributed by atoms with E-state index in [1.54, 1.807) is 18.2 Å². The Hall–Kier alpha value is -2.99. The molecule has 7 N–H and O–H groups in total. The van der Waals surface area contributed by atoms with E-state index in [9.17, 15) is 20.4 Å². The van der Waals surface area contributed by atoms with Gasteiger partial charge in [-0.3, -0.25) is 4.57 Å².